The highest BCUT2D eigenvalue weighted by atomic mass is 16.4. The van der Waals surface area contributed by atoms with Crippen molar-refractivity contribution < 1.29 is 9.21 Å². The van der Waals surface area contributed by atoms with Crippen LogP contribution in [-0.2, 0) is 6.42 Å². The zero-order valence-corrected chi connectivity index (χ0v) is 14.4. The fourth-order valence-corrected chi connectivity index (χ4v) is 2.70. The summed E-state index contributed by atoms with van der Waals surface area (Å²) in [5, 5.41) is 2.83. The summed E-state index contributed by atoms with van der Waals surface area (Å²) in [4.78, 5) is 25.3. The molecule has 1 N–H and O–H groups in total. The highest BCUT2D eigenvalue weighted by Gasteiger charge is 2.17. The molecule has 4 aromatic rings. The highest BCUT2D eigenvalue weighted by molar-refractivity contribution is 6.03. The van der Waals surface area contributed by atoms with Crippen LogP contribution in [-0.4, -0.2) is 25.3 Å². The minimum atomic E-state index is -0.306. The van der Waals surface area contributed by atoms with Gasteiger partial charge in [0.15, 0.2) is 5.89 Å². The van der Waals surface area contributed by atoms with Gasteiger partial charge in [-0.25, -0.2) is 15.0 Å². The number of aryl methyl sites for hydroxylation is 2. The number of aromatic nitrogens is 4. The molecule has 0 aliphatic rings. The Morgan fingerprint density at radius 1 is 1.23 bits per heavy atom. The van der Waals surface area contributed by atoms with Crippen LogP contribution in [0.5, 0.6) is 0 Å². The second-order valence-corrected chi connectivity index (χ2v) is 5.86. The Bertz CT molecular complexity index is 1050. The standard InChI is InChI=1S/C19H17N5O2/c1-3-16-21-12(2)17(26-16)18(25)22-14-7-5-13(6-8-14)15-11-24-10-4-9-20-19(24)23-15/h4-11H,3H2,1-2H3,(H,22,25). The van der Waals surface area contributed by atoms with Gasteiger partial charge in [-0.2, -0.15) is 0 Å². The monoisotopic (exact) mass is 347 g/mol. The molecule has 3 aromatic heterocycles. The van der Waals surface area contributed by atoms with E-state index >= 15 is 0 Å². The summed E-state index contributed by atoms with van der Waals surface area (Å²) in [5.41, 5.74) is 3.03. The molecular weight excluding hydrogens is 330 g/mol. The smallest absolute Gasteiger partial charge is 0.293 e. The maximum Gasteiger partial charge on any atom is 0.293 e. The van der Waals surface area contributed by atoms with Crippen molar-refractivity contribution in [3.8, 4) is 11.3 Å². The number of nitrogens with zero attached hydrogens (tertiary/aromatic N) is 4. The van der Waals surface area contributed by atoms with Crippen LogP contribution in [0.3, 0.4) is 0 Å². The number of oxazole rings is 1. The molecule has 1 amide bonds. The number of nitrogens with one attached hydrogen (secondary N) is 1. The molecule has 4 rings (SSSR count). The van der Waals surface area contributed by atoms with Crippen molar-refractivity contribution in [2.75, 3.05) is 5.32 Å². The number of amides is 1. The maximum atomic E-state index is 12.4. The quantitative estimate of drug-likeness (QED) is 0.610. The van der Waals surface area contributed by atoms with Gasteiger partial charge in [-0.3, -0.25) is 9.20 Å². The van der Waals surface area contributed by atoms with Crippen molar-refractivity contribution in [3.63, 3.8) is 0 Å². The molecular formula is C19H17N5O2. The van der Waals surface area contributed by atoms with Gasteiger partial charge >= 0.3 is 0 Å². The van der Waals surface area contributed by atoms with Gasteiger partial charge in [-0.15, -0.1) is 0 Å². The molecule has 0 radical (unpaired) electrons. The first-order valence-corrected chi connectivity index (χ1v) is 8.32. The average molecular weight is 347 g/mol. The fraction of sp³-hybridized carbons (Fsp3) is 0.158. The summed E-state index contributed by atoms with van der Waals surface area (Å²) in [6, 6.07) is 9.32. The summed E-state index contributed by atoms with van der Waals surface area (Å²) >= 11 is 0. The Balaban J connectivity index is 1.54. The van der Waals surface area contributed by atoms with Gasteiger partial charge in [0.1, 0.15) is 0 Å². The lowest BCUT2D eigenvalue weighted by molar-refractivity contribution is 0.0994. The number of rotatable bonds is 4. The summed E-state index contributed by atoms with van der Waals surface area (Å²) in [7, 11) is 0. The summed E-state index contributed by atoms with van der Waals surface area (Å²) in [6.45, 7) is 3.69. The van der Waals surface area contributed by atoms with Gasteiger partial charge in [-0.05, 0) is 25.1 Å². The van der Waals surface area contributed by atoms with Gasteiger partial charge in [0.05, 0.1) is 11.4 Å². The average Bonchev–Trinajstić information content (AvgIpc) is 3.25. The lowest BCUT2D eigenvalue weighted by Crippen LogP contribution is -2.12. The Morgan fingerprint density at radius 3 is 2.73 bits per heavy atom. The molecule has 130 valence electrons. The normalized spacial score (nSPS) is 11.0. The molecule has 7 heteroatoms. The van der Waals surface area contributed by atoms with Gasteiger partial charge in [-0.1, -0.05) is 19.1 Å². The van der Waals surface area contributed by atoms with Gasteiger partial charge in [0, 0.05) is 36.3 Å². The first-order valence-electron chi connectivity index (χ1n) is 8.32. The lowest BCUT2D eigenvalue weighted by atomic mass is 10.1. The zero-order chi connectivity index (χ0) is 18.1. The zero-order valence-electron chi connectivity index (χ0n) is 14.4. The van der Waals surface area contributed by atoms with E-state index in [2.05, 4.69) is 20.3 Å². The molecule has 0 bridgehead atoms. The number of fused-ring (bicyclic) bond motifs is 1. The second-order valence-electron chi connectivity index (χ2n) is 5.86. The Morgan fingerprint density at radius 2 is 2.04 bits per heavy atom. The first kappa shape index (κ1) is 16.0. The maximum absolute atomic E-state index is 12.4. The molecule has 0 atom stereocenters. The molecule has 0 unspecified atom stereocenters. The van der Waals surface area contributed by atoms with E-state index in [0.29, 0.717) is 29.5 Å². The van der Waals surface area contributed by atoms with Crippen LogP contribution in [0.2, 0.25) is 0 Å². The summed E-state index contributed by atoms with van der Waals surface area (Å²) < 4.78 is 7.35. The highest BCUT2D eigenvalue weighted by Crippen LogP contribution is 2.21. The Labute approximate surface area is 149 Å². The van der Waals surface area contributed by atoms with Crippen molar-refractivity contribution in [1.29, 1.82) is 0 Å². The van der Waals surface area contributed by atoms with Crippen molar-refractivity contribution in [2.24, 2.45) is 0 Å². The van der Waals surface area contributed by atoms with Crippen molar-refractivity contribution in [3.05, 3.63) is 66.3 Å². The van der Waals surface area contributed by atoms with E-state index in [-0.39, 0.29) is 11.7 Å². The number of hydrogen-bond donors (Lipinski definition) is 1. The van der Waals surface area contributed by atoms with E-state index < -0.39 is 0 Å². The lowest BCUT2D eigenvalue weighted by Gasteiger charge is -2.04. The molecule has 1 aromatic carbocycles. The summed E-state index contributed by atoms with van der Waals surface area (Å²) in [5.74, 6) is 1.15. The molecule has 0 spiro atoms. The van der Waals surface area contributed by atoms with Crippen LogP contribution in [0.4, 0.5) is 5.69 Å². The third-order valence-corrected chi connectivity index (χ3v) is 4.02. The minimum Gasteiger partial charge on any atom is -0.435 e. The topological polar surface area (TPSA) is 85.3 Å². The number of carbonyl (C=O) groups is 1. The minimum absolute atomic E-state index is 0.248. The van der Waals surface area contributed by atoms with Crippen LogP contribution >= 0.6 is 0 Å². The van der Waals surface area contributed by atoms with Crippen LogP contribution in [0, 0.1) is 6.92 Å². The van der Waals surface area contributed by atoms with E-state index in [0.717, 1.165) is 11.3 Å². The van der Waals surface area contributed by atoms with Gasteiger partial charge in [0.25, 0.3) is 5.91 Å². The van der Waals surface area contributed by atoms with Crippen LogP contribution in [0.15, 0.2) is 53.3 Å². The van der Waals surface area contributed by atoms with E-state index in [1.165, 1.54) is 0 Å². The fourth-order valence-electron chi connectivity index (χ4n) is 2.70. The number of carbonyl (C=O) groups excluding carboxylic acids is 1. The van der Waals surface area contributed by atoms with Crippen LogP contribution < -0.4 is 5.32 Å². The predicted molar refractivity (Wildman–Crippen MR) is 97.0 cm³/mol. The van der Waals surface area contributed by atoms with Crippen molar-refractivity contribution >= 4 is 17.4 Å². The van der Waals surface area contributed by atoms with E-state index in [1.807, 2.05) is 54.0 Å². The number of imidazole rings is 1. The number of benzene rings is 1. The number of hydrogen-bond acceptors (Lipinski definition) is 5. The molecule has 3 heterocycles. The number of anilines is 1. The first-order chi connectivity index (χ1) is 12.6. The van der Waals surface area contributed by atoms with Gasteiger partial charge in [0.2, 0.25) is 11.5 Å². The van der Waals surface area contributed by atoms with Gasteiger partial charge < -0.3 is 9.73 Å². The Hall–Kier alpha value is -3.48. The molecule has 0 saturated carbocycles. The molecule has 0 aliphatic heterocycles. The largest absolute Gasteiger partial charge is 0.435 e. The van der Waals surface area contributed by atoms with E-state index in [9.17, 15) is 4.79 Å². The van der Waals surface area contributed by atoms with E-state index in [1.54, 1.807) is 13.1 Å². The van der Waals surface area contributed by atoms with Crippen LogP contribution in [0.1, 0.15) is 29.1 Å². The second kappa shape index (κ2) is 6.44. The molecule has 0 aliphatic carbocycles. The summed E-state index contributed by atoms with van der Waals surface area (Å²) in [6.07, 6.45) is 6.18. The van der Waals surface area contributed by atoms with Crippen molar-refractivity contribution in [2.45, 2.75) is 20.3 Å². The Kier molecular flexibility index (Phi) is 3.96. The SMILES string of the molecule is CCc1nc(C)c(C(=O)Nc2ccc(-c3cn4cccnc4n3)cc2)o1. The molecule has 7 nitrogen and oxygen atoms in total. The third kappa shape index (κ3) is 2.95. The van der Waals surface area contributed by atoms with Crippen LogP contribution in [0.25, 0.3) is 17.0 Å². The molecule has 26 heavy (non-hydrogen) atoms. The van der Waals surface area contributed by atoms with Crippen molar-refractivity contribution in [1.82, 2.24) is 19.4 Å². The van der Waals surface area contributed by atoms with E-state index in [4.69, 9.17) is 4.42 Å². The molecule has 0 fully saturated rings. The predicted octanol–water partition coefficient (Wildman–Crippen LogP) is 3.51. The third-order valence-electron chi connectivity index (χ3n) is 4.02. The molecule has 0 saturated heterocycles.